The highest BCUT2D eigenvalue weighted by Gasteiger charge is 2.17. The topological polar surface area (TPSA) is 53.4 Å². The molecule has 4 nitrogen and oxygen atoms in total. The molecule has 1 unspecified atom stereocenters. The van der Waals surface area contributed by atoms with E-state index in [0.717, 1.165) is 23.5 Å². The van der Waals surface area contributed by atoms with Crippen molar-refractivity contribution in [3.05, 3.63) is 16.1 Å². The van der Waals surface area contributed by atoms with E-state index >= 15 is 0 Å². The lowest BCUT2D eigenvalue weighted by molar-refractivity contribution is -0.142. The van der Waals surface area contributed by atoms with Gasteiger partial charge in [0, 0.05) is 11.9 Å². The molecule has 0 saturated carbocycles. The number of aromatic nitrogens is 1. The van der Waals surface area contributed by atoms with Crippen molar-refractivity contribution in [3.63, 3.8) is 0 Å². The van der Waals surface area contributed by atoms with Gasteiger partial charge in [0.2, 0.25) is 0 Å². The zero-order chi connectivity index (χ0) is 12.1. The first-order valence-electron chi connectivity index (χ1n) is 5.41. The fourth-order valence-electron chi connectivity index (χ4n) is 1.33. The van der Waals surface area contributed by atoms with Gasteiger partial charge in [-0.15, -0.1) is 11.3 Å². The summed E-state index contributed by atoms with van der Waals surface area (Å²) >= 11 is 1.65. The summed E-state index contributed by atoms with van der Waals surface area (Å²) in [6.45, 7) is 4.40. The Hall–Kier alpha value is -0.940. The van der Waals surface area contributed by atoms with Crippen LogP contribution in [-0.2, 0) is 17.8 Å². The number of carboxylic acids is 1. The Morgan fingerprint density at radius 1 is 1.69 bits per heavy atom. The number of aliphatic carboxylic acids is 1. The number of carbonyl (C=O) groups is 1. The molecule has 0 bridgehead atoms. The lowest BCUT2D eigenvalue weighted by Gasteiger charge is -2.19. The molecule has 0 aromatic carbocycles. The molecule has 0 aliphatic rings. The van der Waals surface area contributed by atoms with Crippen molar-refractivity contribution in [2.75, 3.05) is 7.05 Å². The van der Waals surface area contributed by atoms with Crippen molar-refractivity contribution in [1.29, 1.82) is 0 Å². The standard InChI is InChI=1S/C11H18N2O2S/c1-4-5-10-12-9(7-16-10)6-13(3)8(2)11(14)15/h7-8H,4-6H2,1-3H3,(H,14,15). The van der Waals surface area contributed by atoms with Crippen molar-refractivity contribution >= 4 is 17.3 Å². The van der Waals surface area contributed by atoms with Crippen LogP contribution in [0.3, 0.4) is 0 Å². The van der Waals surface area contributed by atoms with E-state index in [1.807, 2.05) is 5.38 Å². The fraction of sp³-hybridized carbons (Fsp3) is 0.636. The number of nitrogens with zero attached hydrogens (tertiary/aromatic N) is 2. The minimum atomic E-state index is -0.800. The number of likely N-dealkylation sites (N-methyl/N-ethyl adjacent to an activating group) is 1. The summed E-state index contributed by atoms with van der Waals surface area (Å²) in [4.78, 5) is 17.0. The van der Waals surface area contributed by atoms with Crippen LogP contribution >= 0.6 is 11.3 Å². The molecule has 0 aliphatic carbocycles. The summed E-state index contributed by atoms with van der Waals surface area (Å²) in [6.07, 6.45) is 2.09. The van der Waals surface area contributed by atoms with E-state index in [2.05, 4.69) is 11.9 Å². The molecule has 1 heterocycles. The molecule has 0 amide bonds. The molecule has 1 aromatic heterocycles. The van der Waals surface area contributed by atoms with Gasteiger partial charge in [-0.25, -0.2) is 4.98 Å². The van der Waals surface area contributed by atoms with Crippen LogP contribution in [-0.4, -0.2) is 34.0 Å². The molecule has 5 heteroatoms. The highest BCUT2D eigenvalue weighted by atomic mass is 32.1. The second-order valence-electron chi connectivity index (χ2n) is 3.91. The average molecular weight is 242 g/mol. The monoisotopic (exact) mass is 242 g/mol. The van der Waals surface area contributed by atoms with Crippen LogP contribution < -0.4 is 0 Å². The van der Waals surface area contributed by atoms with Crippen molar-refractivity contribution < 1.29 is 9.90 Å². The molecule has 1 atom stereocenters. The van der Waals surface area contributed by atoms with Gasteiger partial charge in [0.15, 0.2) is 0 Å². The van der Waals surface area contributed by atoms with Gasteiger partial charge in [-0.1, -0.05) is 6.92 Å². The molecule has 1 rings (SSSR count). The maximum atomic E-state index is 10.8. The predicted octanol–water partition coefficient (Wildman–Crippen LogP) is 2.00. The first-order chi connectivity index (χ1) is 7.54. The van der Waals surface area contributed by atoms with Crippen molar-refractivity contribution in [3.8, 4) is 0 Å². The Labute approximate surface area is 99.9 Å². The van der Waals surface area contributed by atoms with Crippen LogP contribution in [0.5, 0.6) is 0 Å². The molecule has 1 N–H and O–H groups in total. The quantitative estimate of drug-likeness (QED) is 0.829. The van der Waals surface area contributed by atoms with Crippen LogP contribution in [0, 0.1) is 0 Å². The second-order valence-corrected chi connectivity index (χ2v) is 4.85. The van der Waals surface area contributed by atoms with Gasteiger partial charge in [-0.05, 0) is 26.8 Å². The Bertz CT molecular complexity index is 352. The first-order valence-corrected chi connectivity index (χ1v) is 6.28. The zero-order valence-corrected chi connectivity index (χ0v) is 10.8. The number of hydrogen-bond acceptors (Lipinski definition) is 4. The Kier molecular flexibility index (Phi) is 4.89. The van der Waals surface area contributed by atoms with Gasteiger partial charge >= 0.3 is 5.97 Å². The Balaban J connectivity index is 2.55. The summed E-state index contributed by atoms with van der Waals surface area (Å²) in [5.74, 6) is -0.800. The lowest BCUT2D eigenvalue weighted by Crippen LogP contribution is -2.35. The summed E-state index contributed by atoms with van der Waals surface area (Å²) in [7, 11) is 1.80. The van der Waals surface area contributed by atoms with Gasteiger partial charge in [0.1, 0.15) is 6.04 Å². The van der Waals surface area contributed by atoms with Crippen molar-refractivity contribution in [2.24, 2.45) is 0 Å². The van der Waals surface area contributed by atoms with Crippen LogP contribution in [0.25, 0.3) is 0 Å². The minimum Gasteiger partial charge on any atom is -0.480 e. The second kappa shape index (κ2) is 5.96. The van der Waals surface area contributed by atoms with Gasteiger partial charge in [0.05, 0.1) is 10.7 Å². The van der Waals surface area contributed by atoms with Crippen molar-refractivity contribution in [1.82, 2.24) is 9.88 Å². The average Bonchev–Trinajstić information content (AvgIpc) is 2.65. The highest BCUT2D eigenvalue weighted by Crippen LogP contribution is 2.13. The third-order valence-electron chi connectivity index (χ3n) is 2.49. The highest BCUT2D eigenvalue weighted by molar-refractivity contribution is 7.09. The molecule has 1 aromatic rings. The van der Waals surface area contributed by atoms with E-state index in [9.17, 15) is 4.79 Å². The van der Waals surface area contributed by atoms with E-state index < -0.39 is 12.0 Å². The van der Waals surface area contributed by atoms with Crippen LogP contribution in [0.2, 0.25) is 0 Å². The minimum absolute atomic E-state index is 0.476. The summed E-state index contributed by atoms with van der Waals surface area (Å²) in [5.41, 5.74) is 0.962. The van der Waals surface area contributed by atoms with Crippen LogP contribution in [0.15, 0.2) is 5.38 Å². The van der Waals surface area contributed by atoms with Crippen molar-refractivity contribution in [2.45, 2.75) is 39.3 Å². The Morgan fingerprint density at radius 2 is 2.38 bits per heavy atom. The number of rotatable bonds is 6. The van der Waals surface area contributed by atoms with E-state index in [4.69, 9.17) is 5.11 Å². The number of thiazole rings is 1. The predicted molar refractivity (Wildman–Crippen MR) is 64.7 cm³/mol. The van der Waals surface area contributed by atoms with E-state index in [1.165, 1.54) is 0 Å². The molecule has 0 saturated heterocycles. The molecule has 16 heavy (non-hydrogen) atoms. The molecule has 0 radical (unpaired) electrons. The maximum Gasteiger partial charge on any atom is 0.320 e. The van der Waals surface area contributed by atoms with E-state index in [-0.39, 0.29) is 0 Å². The summed E-state index contributed by atoms with van der Waals surface area (Å²) in [6, 6.07) is -0.476. The molecular weight excluding hydrogens is 224 g/mol. The normalized spacial score (nSPS) is 13.0. The third kappa shape index (κ3) is 3.57. The molecule has 0 aliphatic heterocycles. The van der Waals surface area contributed by atoms with E-state index in [1.54, 1.807) is 30.2 Å². The maximum absolute atomic E-state index is 10.8. The third-order valence-corrected chi connectivity index (χ3v) is 3.45. The van der Waals surface area contributed by atoms with Crippen LogP contribution in [0.1, 0.15) is 31.0 Å². The molecular formula is C11H18N2O2S. The first kappa shape index (κ1) is 13.1. The fourth-order valence-corrected chi connectivity index (χ4v) is 2.22. The Morgan fingerprint density at radius 3 is 2.94 bits per heavy atom. The molecule has 90 valence electrons. The molecule has 0 spiro atoms. The molecule has 0 fully saturated rings. The number of carboxylic acid groups (broad SMARTS) is 1. The SMILES string of the molecule is CCCc1nc(CN(C)C(C)C(=O)O)cs1. The smallest absolute Gasteiger partial charge is 0.320 e. The van der Waals surface area contributed by atoms with E-state index in [0.29, 0.717) is 6.54 Å². The van der Waals surface area contributed by atoms with Gasteiger partial charge in [-0.3, -0.25) is 9.69 Å². The number of hydrogen-bond donors (Lipinski definition) is 1. The number of aryl methyl sites for hydroxylation is 1. The lowest BCUT2D eigenvalue weighted by atomic mass is 10.3. The zero-order valence-electron chi connectivity index (χ0n) is 9.93. The summed E-state index contributed by atoms with van der Waals surface area (Å²) in [5, 5.41) is 12.0. The largest absolute Gasteiger partial charge is 0.480 e. The van der Waals surface area contributed by atoms with Crippen LogP contribution in [0.4, 0.5) is 0 Å². The summed E-state index contributed by atoms with van der Waals surface area (Å²) < 4.78 is 0. The van der Waals surface area contributed by atoms with Gasteiger partial charge in [-0.2, -0.15) is 0 Å². The van der Waals surface area contributed by atoms with Gasteiger partial charge in [0.25, 0.3) is 0 Å². The van der Waals surface area contributed by atoms with Gasteiger partial charge < -0.3 is 5.11 Å².